The zero-order valence-electron chi connectivity index (χ0n) is 16.8. The van der Waals surface area contributed by atoms with Crippen molar-refractivity contribution in [2.45, 2.75) is 38.9 Å². The predicted octanol–water partition coefficient (Wildman–Crippen LogP) is 4.50. The van der Waals surface area contributed by atoms with Gasteiger partial charge in [-0.05, 0) is 55.0 Å². The summed E-state index contributed by atoms with van der Waals surface area (Å²) in [6.07, 6.45) is 1.93. The van der Waals surface area contributed by atoms with Crippen LogP contribution in [0.1, 0.15) is 36.5 Å². The molecule has 0 unspecified atom stereocenters. The highest BCUT2D eigenvalue weighted by Gasteiger charge is 2.31. The Hall–Kier alpha value is -1.70. The van der Waals surface area contributed by atoms with Crippen molar-refractivity contribution >= 4 is 37.5 Å². The second kappa shape index (κ2) is 9.41. The lowest BCUT2D eigenvalue weighted by Crippen LogP contribution is -2.42. The summed E-state index contributed by atoms with van der Waals surface area (Å²) < 4.78 is 27.9. The van der Waals surface area contributed by atoms with E-state index in [9.17, 15) is 13.2 Å². The minimum Gasteiger partial charge on any atom is -0.325 e. The van der Waals surface area contributed by atoms with Gasteiger partial charge >= 0.3 is 0 Å². The third-order valence-electron chi connectivity index (χ3n) is 5.47. The van der Waals surface area contributed by atoms with Crippen LogP contribution in [-0.4, -0.2) is 31.7 Å². The second-order valence-electron chi connectivity index (χ2n) is 7.51. The zero-order valence-corrected chi connectivity index (χ0v) is 19.2. The first-order chi connectivity index (χ1) is 13.8. The Morgan fingerprint density at radius 2 is 1.79 bits per heavy atom. The van der Waals surface area contributed by atoms with Crippen molar-refractivity contribution in [3.8, 4) is 0 Å². The van der Waals surface area contributed by atoms with Crippen LogP contribution < -0.4 is 5.32 Å². The van der Waals surface area contributed by atoms with E-state index < -0.39 is 10.0 Å². The topological polar surface area (TPSA) is 66.5 Å². The number of para-hydroxylation sites is 1. The van der Waals surface area contributed by atoms with Gasteiger partial charge in [0.1, 0.15) is 0 Å². The van der Waals surface area contributed by atoms with Crippen molar-refractivity contribution < 1.29 is 13.2 Å². The minimum absolute atomic E-state index is 0.0137. The van der Waals surface area contributed by atoms with Crippen LogP contribution in [0.4, 0.5) is 5.69 Å². The number of anilines is 1. The molecule has 1 saturated heterocycles. The maximum atomic E-state index is 12.8. The molecule has 0 saturated carbocycles. The number of carbonyl (C=O) groups excluding carboxylic acids is 1. The summed E-state index contributed by atoms with van der Waals surface area (Å²) in [7, 11) is -3.39. The molecule has 5 nitrogen and oxygen atoms in total. The van der Waals surface area contributed by atoms with Crippen LogP contribution in [0.5, 0.6) is 0 Å². The molecule has 0 bridgehead atoms. The molecule has 2 aromatic rings. The molecule has 3 rings (SSSR count). The number of nitrogens with zero attached hydrogens (tertiary/aromatic N) is 1. The third-order valence-corrected chi connectivity index (χ3v) is 7.85. The Labute approximate surface area is 181 Å². The van der Waals surface area contributed by atoms with Gasteiger partial charge in [-0.15, -0.1) is 0 Å². The van der Waals surface area contributed by atoms with Gasteiger partial charge < -0.3 is 5.32 Å². The van der Waals surface area contributed by atoms with Crippen molar-refractivity contribution in [3.05, 3.63) is 63.6 Å². The highest BCUT2D eigenvalue weighted by molar-refractivity contribution is 9.10. The van der Waals surface area contributed by atoms with Gasteiger partial charge in [-0.2, -0.15) is 0 Å². The van der Waals surface area contributed by atoms with Gasteiger partial charge in [0.25, 0.3) is 0 Å². The summed E-state index contributed by atoms with van der Waals surface area (Å²) in [4.78, 5) is 12.8. The molecule has 1 fully saturated rings. The van der Waals surface area contributed by atoms with E-state index >= 15 is 0 Å². The molecule has 0 spiro atoms. The molecule has 0 aliphatic carbocycles. The Morgan fingerprint density at radius 1 is 1.14 bits per heavy atom. The fourth-order valence-electron chi connectivity index (χ4n) is 3.71. The third kappa shape index (κ3) is 5.47. The minimum atomic E-state index is -3.39. The Balaban J connectivity index is 1.60. The molecule has 1 N–H and O–H groups in total. The average Bonchev–Trinajstić information content (AvgIpc) is 2.71. The Bertz CT molecular complexity index is 966. The van der Waals surface area contributed by atoms with Gasteiger partial charge in [-0.25, -0.2) is 12.7 Å². The molecule has 1 amide bonds. The summed E-state index contributed by atoms with van der Waals surface area (Å²) in [6.45, 7) is 4.82. The highest BCUT2D eigenvalue weighted by atomic mass is 79.9. The molecular weight excluding hydrogens is 452 g/mol. The molecule has 2 aromatic carbocycles. The van der Waals surface area contributed by atoms with E-state index in [1.54, 1.807) is 0 Å². The van der Waals surface area contributed by atoms with Crippen molar-refractivity contribution in [1.29, 1.82) is 0 Å². The molecule has 29 heavy (non-hydrogen) atoms. The first-order valence-corrected chi connectivity index (χ1v) is 12.3. The molecule has 7 heteroatoms. The largest absolute Gasteiger partial charge is 0.325 e. The lowest BCUT2D eigenvalue weighted by atomic mass is 9.96. The first-order valence-electron chi connectivity index (χ1n) is 9.91. The van der Waals surface area contributed by atoms with Gasteiger partial charge in [0.15, 0.2) is 0 Å². The van der Waals surface area contributed by atoms with Crippen molar-refractivity contribution in [2.24, 2.45) is 5.92 Å². The molecule has 0 atom stereocenters. The van der Waals surface area contributed by atoms with E-state index in [0.717, 1.165) is 33.3 Å². The van der Waals surface area contributed by atoms with Crippen LogP contribution in [0, 0.1) is 12.8 Å². The molecule has 156 valence electrons. The number of carbonyl (C=O) groups is 1. The van der Waals surface area contributed by atoms with Gasteiger partial charge in [0, 0.05) is 29.2 Å². The standard InChI is InChI=1S/C22H27BrN2O3S/c1-3-18-6-4-5-16(2)21(18)24-22(26)19-11-13-25(14-12-19)29(27,28)15-17-7-9-20(23)10-8-17/h4-10,19H,3,11-15H2,1-2H3,(H,24,26). The quantitative estimate of drug-likeness (QED) is 0.664. The Kier molecular flexibility index (Phi) is 7.14. The van der Waals surface area contributed by atoms with E-state index in [4.69, 9.17) is 0 Å². The van der Waals surface area contributed by atoms with Gasteiger partial charge in [0.2, 0.25) is 15.9 Å². The highest BCUT2D eigenvalue weighted by Crippen LogP contribution is 2.26. The summed E-state index contributed by atoms with van der Waals surface area (Å²) in [5.74, 6) is -0.197. The fourth-order valence-corrected chi connectivity index (χ4v) is 5.53. The maximum absolute atomic E-state index is 12.8. The molecule has 0 radical (unpaired) electrons. The zero-order chi connectivity index (χ0) is 21.0. The Morgan fingerprint density at radius 3 is 2.41 bits per heavy atom. The monoisotopic (exact) mass is 478 g/mol. The van der Waals surface area contributed by atoms with E-state index in [0.29, 0.717) is 25.9 Å². The molecule has 1 aliphatic rings. The van der Waals surface area contributed by atoms with E-state index in [-0.39, 0.29) is 17.6 Å². The summed E-state index contributed by atoms with van der Waals surface area (Å²) >= 11 is 3.36. The number of halogens is 1. The van der Waals surface area contributed by atoms with Gasteiger partial charge in [0.05, 0.1) is 5.75 Å². The molecular formula is C22H27BrN2O3S. The maximum Gasteiger partial charge on any atom is 0.227 e. The van der Waals surface area contributed by atoms with E-state index in [1.165, 1.54) is 4.31 Å². The van der Waals surface area contributed by atoms with Crippen LogP contribution in [-0.2, 0) is 27.0 Å². The van der Waals surface area contributed by atoms with E-state index in [1.807, 2.05) is 49.4 Å². The van der Waals surface area contributed by atoms with Crippen molar-refractivity contribution in [3.63, 3.8) is 0 Å². The summed E-state index contributed by atoms with van der Waals surface area (Å²) in [5, 5.41) is 3.09. The van der Waals surface area contributed by atoms with Crippen LogP contribution in [0.3, 0.4) is 0 Å². The molecule has 1 heterocycles. The predicted molar refractivity (Wildman–Crippen MR) is 120 cm³/mol. The van der Waals surface area contributed by atoms with Crippen LogP contribution in [0.2, 0.25) is 0 Å². The van der Waals surface area contributed by atoms with Crippen LogP contribution in [0.25, 0.3) is 0 Å². The van der Waals surface area contributed by atoms with Crippen LogP contribution in [0.15, 0.2) is 46.9 Å². The number of amides is 1. The van der Waals surface area contributed by atoms with Crippen molar-refractivity contribution in [2.75, 3.05) is 18.4 Å². The number of hydrogen-bond acceptors (Lipinski definition) is 3. The second-order valence-corrected chi connectivity index (χ2v) is 10.4. The summed E-state index contributed by atoms with van der Waals surface area (Å²) in [5.41, 5.74) is 3.82. The fraction of sp³-hybridized carbons (Fsp3) is 0.409. The van der Waals surface area contributed by atoms with Crippen LogP contribution >= 0.6 is 15.9 Å². The lowest BCUT2D eigenvalue weighted by molar-refractivity contribution is -0.120. The van der Waals surface area contributed by atoms with Crippen molar-refractivity contribution in [1.82, 2.24) is 4.31 Å². The number of sulfonamides is 1. The number of piperidine rings is 1. The molecule has 0 aromatic heterocycles. The lowest BCUT2D eigenvalue weighted by Gasteiger charge is -2.31. The first kappa shape index (κ1) is 22.0. The van der Waals surface area contributed by atoms with Gasteiger partial charge in [-0.3, -0.25) is 4.79 Å². The normalized spacial score (nSPS) is 16.0. The number of benzene rings is 2. The molecule has 1 aliphatic heterocycles. The number of hydrogen-bond donors (Lipinski definition) is 1. The number of aryl methyl sites for hydroxylation is 2. The SMILES string of the molecule is CCc1cccc(C)c1NC(=O)C1CCN(S(=O)(=O)Cc2ccc(Br)cc2)CC1. The average molecular weight is 479 g/mol. The van der Waals surface area contributed by atoms with E-state index in [2.05, 4.69) is 28.2 Å². The number of rotatable bonds is 6. The van der Waals surface area contributed by atoms with Gasteiger partial charge in [-0.1, -0.05) is 53.2 Å². The summed E-state index contributed by atoms with van der Waals surface area (Å²) in [6, 6.07) is 13.3. The number of nitrogens with one attached hydrogen (secondary N) is 1. The smallest absolute Gasteiger partial charge is 0.227 e.